The Bertz CT molecular complexity index is 461. The molecule has 2 amide bonds. The summed E-state index contributed by atoms with van der Waals surface area (Å²) in [6.07, 6.45) is 6.65. The fourth-order valence-electron chi connectivity index (χ4n) is 4.07. The molecule has 0 saturated carbocycles. The lowest BCUT2D eigenvalue weighted by molar-refractivity contribution is -0.190. The summed E-state index contributed by atoms with van der Waals surface area (Å²) in [5, 5.41) is 0. The van der Waals surface area contributed by atoms with Crippen LogP contribution in [0.15, 0.2) is 0 Å². The van der Waals surface area contributed by atoms with Crippen LogP contribution in [0.3, 0.4) is 0 Å². The lowest BCUT2D eigenvalue weighted by atomic mass is 9.82. The molecule has 0 bridgehead atoms. The molecule has 1 spiro atoms. The number of nitrogens with zero attached hydrogens (tertiary/aromatic N) is 2. The third kappa shape index (κ3) is 4.11. The van der Waals surface area contributed by atoms with Gasteiger partial charge in [-0.25, -0.2) is 0 Å². The number of carbonyl (C=O) groups is 2. The molecule has 0 aromatic heterocycles. The van der Waals surface area contributed by atoms with Gasteiger partial charge in [0, 0.05) is 31.8 Å². The second-order valence-electron chi connectivity index (χ2n) is 8.38. The Kier molecular flexibility index (Phi) is 5.48. The second-order valence-corrected chi connectivity index (χ2v) is 8.38. The van der Waals surface area contributed by atoms with E-state index in [4.69, 9.17) is 4.74 Å². The van der Waals surface area contributed by atoms with Crippen LogP contribution in [-0.4, -0.2) is 60.0 Å². The molecule has 5 nitrogen and oxygen atoms in total. The normalized spacial score (nSPS) is 26.8. The monoisotopic (exact) mass is 336 g/mol. The van der Waals surface area contributed by atoms with Crippen molar-refractivity contribution >= 4 is 11.8 Å². The van der Waals surface area contributed by atoms with Gasteiger partial charge in [0.15, 0.2) is 0 Å². The summed E-state index contributed by atoms with van der Waals surface area (Å²) in [5.41, 5.74) is -0.0874. The number of piperidine rings is 1. The zero-order chi connectivity index (χ0) is 17.2. The SMILES string of the molecule is CC(C)CCC(=O)N1CC2(CCC(CN3CCCCC3=O)CO2)C1. The standard InChI is InChI=1S/C19H32N2O3/c1-15(2)6-7-18(23)21-13-19(14-21)9-8-16(12-24-19)11-20-10-4-3-5-17(20)22/h15-16H,3-14H2,1-2H3. The number of carbonyl (C=O) groups excluding carboxylic acids is 2. The van der Waals surface area contributed by atoms with Gasteiger partial charge >= 0.3 is 0 Å². The van der Waals surface area contributed by atoms with Gasteiger partial charge in [0.25, 0.3) is 0 Å². The van der Waals surface area contributed by atoms with E-state index in [0.717, 1.165) is 64.9 Å². The van der Waals surface area contributed by atoms with Crippen molar-refractivity contribution in [2.75, 3.05) is 32.8 Å². The molecule has 1 atom stereocenters. The molecule has 0 aliphatic carbocycles. The highest BCUT2D eigenvalue weighted by Crippen LogP contribution is 2.36. The van der Waals surface area contributed by atoms with Gasteiger partial charge < -0.3 is 14.5 Å². The second kappa shape index (κ2) is 7.42. The fourth-order valence-corrected chi connectivity index (χ4v) is 4.07. The molecule has 0 aromatic rings. The summed E-state index contributed by atoms with van der Waals surface area (Å²) in [6, 6.07) is 0. The third-order valence-corrected chi connectivity index (χ3v) is 5.78. The van der Waals surface area contributed by atoms with Crippen molar-refractivity contribution < 1.29 is 14.3 Å². The summed E-state index contributed by atoms with van der Waals surface area (Å²) in [6.45, 7) is 8.34. The van der Waals surface area contributed by atoms with Crippen LogP contribution >= 0.6 is 0 Å². The summed E-state index contributed by atoms with van der Waals surface area (Å²) in [7, 11) is 0. The average Bonchev–Trinajstić information content (AvgIpc) is 2.53. The highest BCUT2D eigenvalue weighted by molar-refractivity contribution is 5.77. The molecule has 5 heteroatoms. The lowest BCUT2D eigenvalue weighted by Gasteiger charge is -2.53. The first kappa shape index (κ1) is 17.7. The van der Waals surface area contributed by atoms with Crippen molar-refractivity contribution in [2.24, 2.45) is 11.8 Å². The first-order valence-corrected chi connectivity index (χ1v) is 9.67. The molecular formula is C19H32N2O3. The molecule has 3 aliphatic heterocycles. The quantitative estimate of drug-likeness (QED) is 0.775. The van der Waals surface area contributed by atoms with Crippen molar-refractivity contribution in [3.05, 3.63) is 0 Å². The molecule has 3 heterocycles. The largest absolute Gasteiger partial charge is 0.371 e. The number of rotatable bonds is 5. The van der Waals surface area contributed by atoms with Crippen molar-refractivity contribution in [3.63, 3.8) is 0 Å². The molecule has 24 heavy (non-hydrogen) atoms. The van der Waals surface area contributed by atoms with Crippen LogP contribution in [0.1, 0.15) is 58.8 Å². The van der Waals surface area contributed by atoms with Crippen LogP contribution in [0.4, 0.5) is 0 Å². The molecule has 1 unspecified atom stereocenters. The maximum absolute atomic E-state index is 12.1. The minimum absolute atomic E-state index is 0.0874. The summed E-state index contributed by atoms with van der Waals surface area (Å²) >= 11 is 0. The van der Waals surface area contributed by atoms with Gasteiger partial charge in [0.1, 0.15) is 5.60 Å². The summed E-state index contributed by atoms with van der Waals surface area (Å²) in [4.78, 5) is 28.1. The molecule has 3 fully saturated rings. The van der Waals surface area contributed by atoms with Crippen molar-refractivity contribution in [3.8, 4) is 0 Å². The third-order valence-electron chi connectivity index (χ3n) is 5.78. The Morgan fingerprint density at radius 1 is 1.33 bits per heavy atom. The first-order valence-electron chi connectivity index (χ1n) is 9.67. The molecule has 136 valence electrons. The van der Waals surface area contributed by atoms with E-state index in [0.29, 0.717) is 30.6 Å². The minimum atomic E-state index is -0.0874. The van der Waals surface area contributed by atoms with E-state index in [1.165, 1.54) is 0 Å². The van der Waals surface area contributed by atoms with Gasteiger partial charge in [-0.1, -0.05) is 13.8 Å². The number of likely N-dealkylation sites (tertiary alicyclic amines) is 2. The van der Waals surface area contributed by atoms with Crippen molar-refractivity contribution in [1.29, 1.82) is 0 Å². The fraction of sp³-hybridized carbons (Fsp3) is 0.895. The number of hydrogen-bond acceptors (Lipinski definition) is 3. The zero-order valence-corrected chi connectivity index (χ0v) is 15.3. The van der Waals surface area contributed by atoms with Gasteiger partial charge in [-0.3, -0.25) is 9.59 Å². The number of ether oxygens (including phenoxy) is 1. The number of amides is 2. The van der Waals surface area contributed by atoms with Crippen LogP contribution in [0.5, 0.6) is 0 Å². The van der Waals surface area contributed by atoms with Gasteiger partial charge in [-0.15, -0.1) is 0 Å². The van der Waals surface area contributed by atoms with Crippen LogP contribution in [0.25, 0.3) is 0 Å². The summed E-state index contributed by atoms with van der Waals surface area (Å²) < 4.78 is 6.16. The average molecular weight is 336 g/mol. The van der Waals surface area contributed by atoms with Gasteiger partial charge in [-0.2, -0.15) is 0 Å². The summed E-state index contributed by atoms with van der Waals surface area (Å²) in [5.74, 6) is 1.63. The minimum Gasteiger partial charge on any atom is -0.371 e. The van der Waals surface area contributed by atoms with E-state index >= 15 is 0 Å². The molecule has 0 N–H and O–H groups in total. The first-order chi connectivity index (χ1) is 11.5. The zero-order valence-electron chi connectivity index (χ0n) is 15.3. The van der Waals surface area contributed by atoms with Gasteiger partial charge in [0.05, 0.1) is 19.7 Å². The van der Waals surface area contributed by atoms with E-state index in [2.05, 4.69) is 13.8 Å². The maximum atomic E-state index is 12.1. The van der Waals surface area contributed by atoms with Crippen LogP contribution in [-0.2, 0) is 14.3 Å². The molecule has 3 rings (SSSR count). The van der Waals surface area contributed by atoms with E-state index in [-0.39, 0.29) is 11.5 Å². The van der Waals surface area contributed by atoms with Crippen molar-refractivity contribution in [2.45, 2.75) is 64.4 Å². The Morgan fingerprint density at radius 2 is 2.12 bits per heavy atom. The Balaban J connectivity index is 1.38. The maximum Gasteiger partial charge on any atom is 0.222 e. The Hall–Kier alpha value is -1.10. The molecule has 0 aromatic carbocycles. The molecule has 3 saturated heterocycles. The molecule has 3 aliphatic rings. The van der Waals surface area contributed by atoms with E-state index < -0.39 is 0 Å². The Morgan fingerprint density at radius 3 is 2.75 bits per heavy atom. The van der Waals surface area contributed by atoms with Crippen LogP contribution in [0.2, 0.25) is 0 Å². The van der Waals surface area contributed by atoms with Crippen molar-refractivity contribution in [1.82, 2.24) is 9.80 Å². The van der Waals surface area contributed by atoms with Crippen LogP contribution < -0.4 is 0 Å². The van der Waals surface area contributed by atoms with E-state index in [9.17, 15) is 9.59 Å². The van der Waals surface area contributed by atoms with E-state index in [1.54, 1.807) is 0 Å². The highest BCUT2D eigenvalue weighted by atomic mass is 16.5. The van der Waals surface area contributed by atoms with Gasteiger partial charge in [0.2, 0.25) is 11.8 Å². The molecule has 0 radical (unpaired) electrons. The van der Waals surface area contributed by atoms with Crippen LogP contribution in [0, 0.1) is 11.8 Å². The highest BCUT2D eigenvalue weighted by Gasteiger charge is 2.48. The Labute approximate surface area is 145 Å². The number of hydrogen-bond donors (Lipinski definition) is 0. The van der Waals surface area contributed by atoms with Gasteiger partial charge in [-0.05, 0) is 38.0 Å². The lowest BCUT2D eigenvalue weighted by Crippen LogP contribution is -2.66. The smallest absolute Gasteiger partial charge is 0.222 e. The topological polar surface area (TPSA) is 49.9 Å². The predicted molar refractivity (Wildman–Crippen MR) is 92.5 cm³/mol. The molecular weight excluding hydrogens is 304 g/mol. The van der Waals surface area contributed by atoms with E-state index in [1.807, 2.05) is 9.80 Å². The predicted octanol–water partition coefficient (Wildman–Crippen LogP) is 2.44.